The van der Waals surface area contributed by atoms with Gasteiger partial charge in [0.25, 0.3) is 0 Å². The number of methoxy groups -OCH3 is 1. The van der Waals surface area contributed by atoms with Crippen molar-refractivity contribution in [3.63, 3.8) is 0 Å². The molecule has 0 saturated carbocycles. The summed E-state index contributed by atoms with van der Waals surface area (Å²) in [5, 5.41) is 13.1. The number of rotatable bonds is 8. The summed E-state index contributed by atoms with van der Waals surface area (Å²) in [6.07, 6.45) is -0.532. The largest absolute Gasteiger partial charge is 0.491 e. The fourth-order valence-corrected chi connectivity index (χ4v) is 2.06. The van der Waals surface area contributed by atoms with Gasteiger partial charge in [0.2, 0.25) is 0 Å². The predicted octanol–water partition coefficient (Wildman–Crippen LogP) is 2.27. The Morgan fingerprint density at radius 3 is 2.62 bits per heavy atom. The van der Waals surface area contributed by atoms with Gasteiger partial charge < -0.3 is 19.9 Å². The number of ether oxygens (including phenoxy) is 2. The quantitative estimate of drug-likeness (QED) is 0.722. The number of aliphatic hydroxyl groups excluding tert-OH is 1. The molecule has 0 radical (unpaired) electrons. The summed E-state index contributed by atoms with van der Waals surface area (Å²) in [5.41, 5.74) is 2.34. The third kappa shape index (κ3) is 6.46. The maximum absolute atomic E-state index is 9.94. The summed E-state index contributed by atoms with van der Waals surface area (Å²) >= 11 is 0. The molecule has 0 heterocycles. The number of aryl methyl sites for hydroxylation is 1. The summed E-state index contributed by atoms with van der Waals surface area (Å²) in [6.45, 7) is 10.7. The normalized spacial score (nSPS) is 13.2. The van der Waals surface area contributed by atoms with E-state index in [1.165, 1.54) is 0 Å². The summed E-state index contributed by atoms with van der Waals surface area (Å²) in [4.78, 5) is 0. The zero-order valence-electron chi connectivity index (χ0n) is 13.9. The van der Waals surface area contributed by atoms with Crippen molar-refractivity contribution in [1.29, 1.82) is 0 Å². The Morgan fingerprint density at radius 1 is 1.29 bits per heavy atom. The lowest BCUT2D eigenvalue weighted by atomic mass is 9.86. The molecule has 1 aromatic carbocycles. The fourth-order valence-electron chi connectivity index (χ4n) is 2.06. The van der Waals surface area contributed by atoms with Crippen LogP contribution in [0.15, 0.2) is 18.2 Å². The summed E-state index contributed by atoms with van der Waals surface area (Å²) in [6, 6.07) is 6.23. The van der Waals surface area contributed by atoms with Crippen molar-refractivity contribution in [3.8, 4) is 5.75 Å². The number of aliphatic hydroxyl groups is 1. The van der Waals surface area contributed by atoms with Crippen molar-refractivity contribution in [2.24, 2.45) is 0 Å². The molecule has 0 spiro atoms. The molecule has 1 atom stereocenters. The van der Waals surface area contributed by atoms with E-state index in [0.717, 1.165) is 23.4 Å². The molecule has 0 aliphatic rings. The van der Waals surface area contributed by atoms with Gasteiger partial charge in [-0.15, -0.1) is 0 Å². The van der Waals surface area contributed by atoms with Crippen molar-refractivity contribution < 1.29 is 14.6 Å². The molecule has 0 bridgehead atoms. The summed E-state index contributed by atoms with van der Waals surface area (Å²) < 4.78 is 10.8. The van der Waals surface area contributed by atoms with Crippen LogP contribution in [0.3, 0.4) is 0 Å². The molecular weight excluding hydrogens is 266 g/mol. The van der Waals surface area contributed by atoms with Crippen LogP contribution in [0.5, 0.6) is 5.75 Å². The highest BCUT2D eigenvalue weighted by molar-refractivity contribution is 5.41. The smallest absolute Gasteiger partial charge is 0.123 e. The van der Waals surface area contributed by atoms with E-state index in [1.807, 2.05) is 13.0 Å². The number of nitrogens with one attached hydrogen (secondary N) is 1. The third-order valence-corrected chi connectivity index (χ3v) is 3.24. The molecule has 2 N–H and O–H groups in total. The van der Waals surface area contributed by atoms with E-state index >= 15 is 0 Å². The number of hydrogen-bond donors (Lipinski definition) is 2. The fraction of sp³-hybridized carbons (Fsp3) is 0.647. The van der Waals surface area contributed by atoms with Crippen molar-refractivity contribution >= 4 is 0 Å². The average Bonchev–Trinajstić information content (AvgIpc) is 2.40. The first-order valence-electron chi connectivity index (χ1n) is 7.46. The van der Waals surface area contributed by atoms with Gasteiger partial charge in [0, 0.05) is 20.2 Å². The van der Waals surface area contributed by atoms with Crippen LogP contribution in [0.2, 0.25) is 0 Å². The summed E-state index contributed by atoms with van der Waals surface area (Å²) in [7, 11) is 1.66. The monoisotopic (exact) mass is 295 g/mol. The molecule has 4 nitrogen and oxygen atoms in total. The highest BCUT2D eigenvalue weighted by Crippen LogP contribution is 2.32. The van der Waals surface area contributed by atoms with Crippen LogP contribution in [-0.4, -0.2) is 44.6 Å². The molecule has 0 aromatic heterocycles. The van der Waals surface area contributed by atoms with E-state index in [-0.39, 0.29) is 12.0 Å². The van der Waals surface area contributed by atoms with Gasteiger partial charge in [0.15, 0.2) is 0 Å². The van der Waals surface area contributed by atoms with Crippen molar-refractivity contribution in [2.75, 3.05) is 33.4 Å². The molecule has 1 aromatic rings. The molecular formula is C17H29NO3. The molecule has 0 amide bonds. The van der Waals surface area contributed by atoms with Crippen LogP contribution < -0.4 is 10.1 Å². The van der Waals surface area contributed by atoms with Gasteiger partial charge in [-0.1, -0.05) is 32.9 Å². The topological polar surface area (TPSA) is 50.7 Å². The van der Waals surface area contributed by atoms with E-state index in [1.54, 1.807) is 7.11 Å². The second-order valence-electron chi connectivity index (χ2n) is 6.41. The SMILES string of the molecule is COCCNCC(O)COc1cc(C)ccc1C(C)(C)C. The molecule has 1 unspecified atom stereocenters. The molecule has 0 aliphatic heterocycles. The van der Waals surface area contributed by atoms with Crippen molar-refractivity contribution in [1.82, 2.24) is 5.32 Å². The molecule has 0 saturated heterocycles. The van der Waals surface area contributed by atoms with Crippen LogP contribution in [0, 0.1) is 6.92 Å². The molecule has 4 heteroatoms. The number of benzene rings is 1. The Bertz CT molecular complexity index is 427. The zero-order valence-corrected chi connectivity index (χ0v) is 13.9. The Labute approximate surface area is 128 Å². The van der Waals surface area contributed by atoms with Gasteiger partial charge in [-0.25, -0.2) is 0 Å². The molecule has 0 fully saturated rings. The molecule has 21 heavy (non-hydrogen) atoms. The minimum atomic E-state index is -0.532. The van der Waals surface area contributed by atoms with Crippen LogP contribution >= 0.6 is 0 Å². The van der Waals surface area contributed by atoms with E-state index in [4.69, 9.17) is 9.47 Å². The van der Waals surface area contributed by atoms with Crippen LogP contribution in [0.1, 0.15) is 31.9 Å². The van der Waals surface area contributed by atoms with E-state index in [9.17, 15) is 5.11 Å². The zero-order chi connectivity index (χ0) is 15.9. The first kappa shape index (κ1) is 18.0. The second kappa shape index (κ2) is 8.37. The molecule has 1 rings (SSSR count). The van der Waals surface area contributed by atoms with E-state index < -0.39 is 6.10 Å². The van der Waals surface area contributed by atoms with Gasteiger partial charge >= 0.3 is 0 Å². The lowest BCUT2D eigenvalue weighted by Gasteiger charge is -2.24. The van der Waals surface area contributed by atoms with Gasteiger partial charge in [0.1, 0.15) is 18.5 Å². The second-order valence-corrected chi connectivity index (χ2v) is 6.41. The molecule has 120 valence electrons. The first-order chi connectivity index (χ1) is 9.84. The highest BCUT2D eigenvalue weighted by atomic mass is 16.5. The van der Waals surface area contributed by atoms with Crippen molar-refractivity contribution in [3.05, 3.63) is 29.3 Å². The standard InChI is InChI=1S/C17H29NO3/c1-13-6-7-15(17(2,3)4)16(10-13)21-12-14(19)11-18-8-9-20-5/h6-7,10,14,18-19H,8-9,11-12H2,1-5H3. The predicted molar refractivity (Wildman–Crippen MR) is 86.1 cm³/mol. The Kier molecular flexibility index (Phi) is 7.15. The molecule has 0 aliphatic carbocycles. The van der Waals surface area contributed by atoms with Gasteiger partial charge in [-0.3, -0.25) is 0 Å². The van der Waals surface area contributed by atoms with Gasteiger partial charge in [0.05, 0.1) is 6.61 Å². The van der Waals surface area contributed by atoms with Crippen molar-refractivity contribution in [2.45, 2.75) is 39.2 Å². The van der Waals surface area contributed by atoms with Crippen LogP contribution in [0.25, 0.3) is 0 Å². The van der Waals surface area contributed by atoms with E-state index in [2.05, 4.69) is 38.2 Å². The number of hydrogen-bond acceptors (Lipinski definition) is 4. The highest BCUT2D eigenvalue weighted by Gasteiger charge is 2.19. The minimum absolute atomic E-state index is 0.0186. The third-order valence-electron chi connectivity index (χ3n) is 3.24. The van der Waals surface area contributed by atoms with Gasteiger partial charge in [-0.05, 0) is 29.5 Å². The van der Waals surface area contributed by atoms with E-state index in [0.29, 0.717) is 13.2 Å². The Balaban J connectivity index is 2.56. The van der Waals surface area contributed by atoms with Gasteiger partial charge in [-0.2, -0.15) is 0 Å². The lowest BCUT2D eigenvalue weighted by molar-refractivity contribution is 0.102. The van der Waals surface area contributed by atoms with Crippen LogP contribution in [0.4, 0.5) is 0 Å². The average molecular weight is 295 g/mol. The minimum Gasteiger partial charge on any atom is -0.491 e. The lowest BCUT2D eigenvalue weighted by Crippen LogP contribution is -2.33. The Morgan fingerprint density at radius 2 is 2.00 bits per heavy atom. The first-order valence-corrected chi connectivity index (χ1v) is 7.46. The maximum atomic E-state index is 9.94. The van der Waals surface area contributed by atoms with Crippen LogP contribution in [-0.2, 0) is 10.2 Å². The maximum Gasteiger partial charge on any atom is 0.123 e. The summed E-state index contributed by atoms with van der Waals surface area (Å²) in [5.74, 6) is 0.860. The Hall–Kier alpha value is -1.10.